The van der Waals surface area contributed by atoms with Gasteiger partial charge < -0.3 is 5.73 Å². The molecule has 1 aromatic carbocycles. The van der Waals surface area contributed by atoms with Gasteiger partial charge in [-0.05, 0) is 18.9 Å². The summed E-state index contributed by atoms with van der Waals surface area (Å²) < 4.78 is 0. The summed E-state index contributed by atoms with van der Waals surface area (Å²) >= 11 is 1.74. The summed E-state index contributed by atoms with van der Waals surface area (Å²) in [6.07, 6.45) is 1.97. The van der Waals surface area contributed by atoms with Gasteiger partial charge in [0.2, 0.25) is 0 Å². The fraction of sp³-hybridized carbons (Fsp3) is 0.400. The molecule has 0 saturated carbocycles. The highest BCUT2D eigenvalue weighted by Crippen LogP contribution is 2.31. The number of thiazole rings is 1. The molecular weight excluding hydrogens is 240 g/mol. The zero-order valence-electron chi connectivity index (χ0n) is 11.0. The Kier molecular flexibility index (Phi) is 4.15. The van der Waals surface area contributed by atoms with Crippen LogP contribution in [0.1, 0.15) is 29.6 Å². The van der Waals surface area contributed by atoms with E-state index in [9.17, 15) is 0 Å². The van der Waals surface area contributed by atoms with Crippen LogP contribution in [0.15, 0.2) is 35.7 Å². The summed E-state index contributed by atoms with van der Waals surface area (Å²) in [5, 5.41) is 3.29. The molecule has 1 aromatic heterocycles. The van der Waals surface area contributed by atoms with Crippen LogP contribution >= 0.6 is 11.3 Å². The van der Waals surface area contributed by atoms with Crippen molar-refractivity contribution >= 4 is 11.3 Å². The van der Waals surface area contributed by atoms with Crippen LogP contribution in [0.25, 0.3) is 0 Å². The normalized spacial score (nSPS) is 14.4. The summed E-state index contributed by atoms with van der Waals surface area (Å²) in [5.41, 5.74) is 8.53. The van der Waals surface area contributed by atoms with E-state index in [4.69, 9.17) is 5.73 Å². The average molecular weight is 260 g/mol. The van der Waals surface area contributed by atoms with Crippen LogP contribution in [0, 0.1) is 6.92 Å². The van der Waals surface area contributed by atoms with Crippen molar-refractivity contribution in [3.63, 3.8) is 0 Å². The molecule has 0 saturated heterocycles. The van der Waals surface area contributed by atoms with E-state index in [2.05, 4.69) is 41.6 Å². The Hall–Kier alpha value is -1.19. The van der Waals surface area contributed by atoms with E-state index in [1.165, 1.54) is 10.6 Å². The van der Waals surface area contributed by atoms with Gasteiger partial charge in [-0.15, -0.1) is 11.3 Å². The van der Waals surface area contributed by atoms with Crippen LogP contribution in [0.5, 0.6) is 0 Å². The molecule has 0 bridgehead atoms. The third-order valence-electron chi connectivity index (χ3n) is 3.61. The summed E-state index contributed by atoms with van der Waals surface area (Å²) in [5.74, 6) is 0. The monoisotopic (exact) mass is 260 g/mol. The van der Waals surface area contributed by atoms with E-state index in [1.807, 2.05) is 13.0 Å². The number of rotatable bonds is 5. The Morgan fingerprint density at radius 3 is 2.50 bits per heavy atom. The first-order valence-electron chi connectivity index (χ1n) is 6.37. The first-order chi connectivity index (χ1) is 8.70. The van der Waals surface area contributed by atoms with E-state index < -0.39 is 0 Å². The average Bonchev–Trinajstić information content (AvgIpc) is 2.82. The minimum Gasteiger partial charge on any atom is -0.330 e. The third-order valence-corrected chi connectivity index (χ3v) is 4.58. The van der Waals surface area contributed by atoms with Crippen molar-refractivity contribution in [2.45, 2.75) is 32.1 Å². The zero-order chi connectivity index (χ0) is 13.0. The van der Waals surface area contributed by atoms with Crippen LogP contribution in [0.3, 0.4) is 0 Å². The predicted octanol–water partition coefficient (Wildman–Crippen LogP) is 3.30. The largest absolute Gasteiger partial charge is 0.330 e. The van der Waals surface area contributed by atoms with Crippen molar-refractivity contribution in [2.24, 2.45) is 5.73 Å². The molecule has 0 amide bonds. The Bertz CT molecular complexity index is 486. The molecule has 18 heavy (non-hydrogen) atoms. The molecule has 0 aliphatic rings. The smallest absolute Gasteiger partial charge is 0.0937 e. The molecule has 1 unspecified atom stereocenters. The van der Waals surface area contributed by atoms with E-state index in [0.29, 0.717) is 6.54 Å². The number of benzene rings is 1. The van der Waals surface area contributed by atoms with Crippen molar-refractivity contribution in [1.82, 2.24) is 4.98 Å². The van der Waals surface area contributed by atoms with Gasteiger partial charge in [-0.2, -0.15) is 0 Å². The second-order valence-electron chi connectivity index (χ2n) is 4.76. The molecule has 2 aromatic rings. The standard InChI is InChI=1S/C15H20N2S/c1-3-15(11-16,13-7-5-4-6-8-13)9-14-17-12(2)10-18-14/h4-8,10H,3,9,11,16H2,1-2H3. The van der Waals surface area contributed by atoms with Gasteiger partial charge in [-0.3, -0.25) is 0 Å². The summed E-state index contributed by atoms with van der Waals surface area (Å²) in [7, 11) is 0. The first-order valence-corrected chi connectivity index (χ1v) is 7.25. The number of hydrogen-bond acceptors (Lipinski definition) is 3. The quantitative estimate of drug-likeness (QED) is 0.896. The molecule has 0 spiro atoms. The van der Waals surface area contributed by atoms with Gasteiger partial charge in [0.1, 0.15) is 0 Å². The van der Waals surface area contributed by atoms with E-state index in [1.54, 1.807) is 11.3 Å². The SMILES string of the molecule is CCC(CN)(Cc1nc(C)cs1)c1ccccc1. The fourth-order valence-corrected chi connectivity index (χ4v) is 3.25. The van der Waals surface area contributed by atoms with Gasteiger partial charge >= 0.3 is 0 Å². The van der Waals surface area contributed by atoms with Crippen LogP contribution < -0.4 is 5.73 Å². The Morgan fingerprint density at radius 2 is 2.00 bits per heavy atom. The summed E-state index contributed by atoms with van der Waals surface area (Å²) in [6.45, 7) is 4.91. The molecule has 0 aliphatic heterocycles. The van der Waals surface area contributed by atoms with Crippen LogP contribution in [-0.2, 0) is 11.8 Å². The lowest BCUT2D eigenvalue weighted by atomic mass is 9.75. The highest BCUT2D eigenvalue weighted by molar-refractivity contribution is 7.09. The van der Waals surface area contributed by atoms with Crippen LogP contribution in [-0.4, -0.2) is 11.5 Å². The Morgan fingerprint density at radius 1 is 1.28 bits per heavy atom. The topological polar surface area (TPSA) is 38.9 Å². The van der Waals surface area contributed by atoms with Crippen molar-refractivity contribution in [1.29, 1.82) is 0 Å². The second kappa shape index (κ2) is 5.63. The summed E-state index contributed by atoms with van der Waals surface area (Å²) in [4.78, 5) is 4.58. The number of nitrogens with two attached hydrogens (primary N) is 1. The number of aryl methyl sites for hydroxylation is 1. The van der Waals surface area contributed by atoms with Gasteiger partial charge in [-0.25, -0.2) is 4.98 Å². The van der Waals surface area contributed by atoms with Gasteiger partial charge in [-0.1, -0.05) is 37.3 Å². The number of hydrogen-bond donors (Lipinski definition) is 1. The predicted molar refractivity (Wildman–Crippen MR) is 78.0 cm³/mol. The molecule has 1 atom stereocenters. The maximum absolute atomic E-state index is 6.08. The van der Waals surface area contributed by atoms with E-state index in [-0.39, 0.29) is 5.41 Å². The molecule has 0 fully saturated rings. The molecule has 0 radical (unpaired) electrons. The molecule has 2 rings (SSSR count). The highest BCUT2D eigenvalue weighted by atomic mass is 32.1. The summed E-state index contributed by atoms with van der Waals surface area (Å²) in [6, 6.07) is 10.6. The molecule has 2 N–H and O–H groups in total. The Labute approximate surface area is 113 Å². The van der Waals surface area contributed by atoms with Crippen molar-refractivity contribution < 1.29 is 0 Å². The minimum absolute atomic E-state index is 0.0194. The van der Waals surface area contributed by atoms with Crippen molar-refractivity contribution in [2.75, 3.05) is 6.54 Å². The fourth-order valence-electron chi connectivity index (χ4n) is 2.33. The number of aromatic nitrogens is 1. The first kappa shape index (κ1) is 13.2. The molecule has 0 aliphatic carbocycles. The maximum atomic E-state index is 6.08. The zero-order valence-corrected chi connectivity index (χ0v) is 11.8. The highest BCUT2D eigenvalue weighted by Gasteiger charge is 2.30. The minimum atomic E-state index is 0.0194. The lowest BCUT2D eigenvalue weighted by molar-refractivity contribution is 0.417. The van der Waals surface area contributed by atoms with E-state index in [0.717, 1.165) is 18.5 Å². The van der Waals surface area contributed by atoms with E-state index >= 15 is 0 Å². The third kappa shape index (κ3) is 2.62. The molecular formula is C15H20N2S. The van der Waals surface area contributed by atoms with Crippen molar-refractivity contribution in [3.05, 3.63) is 52.0 Å². The molecule has 2 nitrogen and oxygen atoms in total. The molecule has 3 heteroatoms. The maximum Gasteiger partial charge on any atom is 0.0937 e. The van der Waals surface area contributed by atoms with Crippen molar-refractivity contribution in [3.8, 4) is 0 Å². The Balaban J connectivity index is 2.32. The van der Waals surface area contributed by atoms with Gasteiger partial charge in [0.25, 0.3) is 0 Å². The lowest BCUT2D eigenvalue weighted by Crippen LogP contribution is -2.36. The van der Waals surface area contributed by atoms with Gasteiger partial charge in [0.05, 0.1) is 5.01 Å². The van der Waals surface area contributed by atoms with Crippen LogP contribution in [0.2, 0.25) is 0 Å². The van der Waals surface area contributed by atoms with Gasteiger partial charge in [0, 0.05) is 29.5 Å². The second-order valence-corrected chi connectivity index (χ2v) is 5.71. The lowest BCUT2D eigenvalue weighted by Gasteiger charge is -2.31. The molecule has 96 valence electrons. The number of nitrogens with zero attached hydrogens (tertiary/aromatic N) is 1. The van der Waals surface area contributed by atoms with Gasteiger partial charge in [0.15, 0.2) is 0 Å². The molecule has 1 heterocycles. The van der Waals surface area contributed by atoms with Crippen LogP contribution in [0.4, 0.5) is 0 Å².